The molecule has 0 atom stereocenters. The monoisotopic (exact) mass is 301 g/mol. The Hall–Kier alpha value is -2.68. The zero-order chi connectivity index (χ0) is 15.5. The summed E-state index contributed by atoms with van der Waals surface area (Å²) in [6.45, 7) is 0. The molecule has 1 heterocycles. The number of para-hydroxylation sites is 1. The highest BCUT2D eigenvalue weighted by Gasteiger charge is 2.17. The normalized spacial score (nSPS) is 14.1. The zero-order valence-electron chi connectivity index (χ0n) is 13.0. The van der Waals surface area contributed by atoms with Crippen molar-refractivity contribution in [3.63, 3.8) is 0 Å². The number of nitrogens with zero attached hydrogens (tertiary/aromatic N) is 2. The van der Waals surface area contributed by atoms with Crippen molar-refractivity contribution in [1.82, 2.24) is 4.98 Å². The minimum Gasteiger partial charge on any atom is -0.277 e. The Morgan fingerprint density at radius 1 is 0.913 bits per heavy atom. The molecule has 1 aliphatic rings. The van der Waals surface area contributed by atoms with Crippen LogP contribution >= 0.6 is 0 Å². The fourth-order valence-electron chi connectivity index (χ4n) is 3.21. The van der Waals surface area contributed by atoms with Crippen LogP contribution in [-0.2, 0) is 12.8 Å². The molecule has 4 rings (SSSR count). The van der Waals surface area contributed by atoms with Crippen LogP contribution in [0.3, 0.4) is 0 Å². The van der Waals surface area contributed by atoms with Gasteiger partial charge in [0.2, 0.25) is 0 Å². The maximum Gasteiger partial charge on any atom is 0.0726 e. The third-order valence-electron chi connectivity index (χ3n) is 4.36. The number of rotatable bonds is 3. The van der Waals surface area contributed by atoms with Crippen molar-refractivity contribution in [3.8, 4) is 0 Å². The Morgan fingerprint density at radius 2 is 1.70 bits per heavy atom. The quantitative estimate of drug-likeness (QED) is 0.569. The average Bonchev–Trinajstić information content (AvgIpc) is 2.62. The molecule has 114 valence electrons. The van der Waals surface area contributed by atoms with Crippen molar-refractivity contribution >= 4 is 22.8 Å². The summed E-state index contributed by atoms with van der Waals surface area (Å²) in [5, 5.41) is 5.62. The van der Waals surface area contributed by atoms with Crippen LogP contribution in [-0.4, -0.2) is 11.2 Å². The first-order valence-corrected chi connectivity index (χ1v) is 8.16. The molecule has 0 fully saturated rings. The number of fused-ring (bicyclic) bond motifs is 2. The molecule has 2 aromatic carbocycles. The number of hydrogen-bond donors (Lipinski definition) is 1. The summed E-state index contributed by atoms with van der Waals surface area (Å²) in [5.41, 5.74) is 9.12. The first kappa shape index (κ1) is 13.9. The second-order valence-electron chi connectivity index (χ2n) is 5.92. The van der Waals surface area contributed by atoms with Gasteiger partial charge in [-0.25, -0.2) is 0 Å². The van der Waals surface area contributed by atoms with E-state index in [9.17, 15) is 0 Å². The van der Waals surface area contributed by atoms with Crippen LogP contribution in [0.15, 0.2) is 59.7 Å². The number of aryl methyl sites for hydroxylation is 1. The second-order valence-corrected chi connectivity index (χ2v) is 5.92. The van der Waals surface area contributed by atoms with Crippen molar-refractivity contribution in [2.45, 2.75) is 25.7 Å². The largest absolute Gasteiger partial charge is 0.277 e. The van der Waals surface area contributed by atoms with E-state index in [1.54, 1.807) is 0 Å². The SMILES string of the molecule is C(=NNc1c2c(nc3ccccc13)CCCC2)c1ccccc1. The molecule has 3 aromatic rings. The fourth-order valence-corrected chi connectivity index (χ4v) is 3.21. The standard InChI is InChI=1S/C20H19N3/c1-2-8-15(9-3-1)14-21-23-20-16-10-4-6-12-18(16)22-19-13-7-5-11-17(19)20/h1-4,6,8-10,12,14H,5,7,11,13H2,(H,22,23). The first-order chi connectivity index (χ1) is 11.4. The molecule has 3 nitrogen and oxygen atoms in total. The lowest BCUT2D eigenvalue weighted by Gasteiger charge is -2.20. The maximum atomic E-state index is 4.85. The van der Waals surface area contributed by atoms with Crippen LogP contribution in [0.2, 0.25) is 0 Å². The van der Waals surface area contributed by atoms with E-state index in [4.69, 9.17) is 4.98 Å². The highest BCUT2D eigenvalue weighted by molar-refractivity contribution is 5.94. The van der Waals surface area contributed by atoms with Crippen LogP contribution in [0.5, 0.6) is 0 Å². The lowest BCUT2D eigenvalue weighted by Crippen LogP contribution is -2.09. The number of aromatic nitrogens is 1. The van der Waals surface area contributed by atoms with Crippen molar-refractivity contribution in [1.29, 1.82) is 0 Å². The Labute approximate surface area is 136 Å². The van der Waals surface area contributed by atoms with Crippen LogP contribution in [0, 0.1) is 0 Å². The lowest BCUT2D eigenvalue weighted by molar-refractivity contribution is 0.672. The molecular formula is C20H19N3. The molecule has 3 heteroatoms. The molecule has 0 aliphatic heterocycles. The summed E-state index contributed by atoms with van der Waals surface area (Å²) in [4.78, 5) is 4.85. The van der Waals surface area contributed by atoms with Gasteiger partial charge in [-0.1, -0.05) is 48.5 Å². The fraction of sp³-hybridized carbons (Fsp3) is 0.200. The van der Waals surface area contributed by atoms with Gasteiger partial charge in [0.05, 0.1) is 17.4 Å². The Bertz CT molecular complexity index is 853. The van der Waals surface area contributed by atoms with E-state index in [-0.39, 0.29) is 0 Å². The number of pyridine rings is 1. The molecule has 0 amide bonds. The summed E-state index contributed by atoms with van der Waals surface area (Å²) in [6, 6.07) is 18.4. The number of benzene rings is 2. The van der Waals surface area contributed by atoms with Gasteiger partial charge < -0.3 is 0 Å². The molecule has 0 spiro atoms. The molecule has 0 saturated carbocycles. The van der Waals surface area contributed by atoms with Gasteiger partial charge in [0.1, 0.15) is 0 Å². The minimum absolute atomic E-state index is 1.05. The third kappa shape index (κ3) is 2.82. The predicted octanol–water partition coefficient (Wildman–Crippen LogP) is 4.56. The highest BCUT2D eigenvalue weighted by atomic mass is 15.3. The van der Waals surface area contributed by atoms with Gasteiger partial charge in [0.25, 0.3) is 0 Å². The van der Waals surface area contributed by atoms with E-state index in [1.165, 1.54) is 24.1 Å². The summed E-state index contributed by atoms with van der Waals surface area (Å²) < 4.78 is 0. The van der Waals surface area contributed by atoms with Crippen LogP contribution in [0.4, 0.5) is 5.69 Å². The van der Waals surface area contributed by atoms with Crippen LogP contribution < -0.4 is 5.43 Å². The molecule has 1 aliphatic carbocycles. The summed E-state index contributed by atoms with van der Waals surface area (Å²) in [6.07, 6.45) is 6.47. The smallest absolute Gasteiger partial charge is 0.0726 e. The zero-order valence-corrected chi connectivity index (χ0v) is 13.0. The first-order valence-electron chi connectivity index (χ1n) is 8.16. The highest BCUT2D eigenvalue weighted by Crippen LogP contribution is 2.33. The van der Waals surface area contributed by atoms with Crippen LogP contribution in [0.25, 0.3) is 10.9 Å². The van der Waals surface area contributed by atoms with Gasteiger partial charge in [-0.2, -0.15) is 5.10 Å². The molecule has 0 bridgehead atoms. The minimum atomic E-state index is 1.05. The topological polar surface area (TPSA) is 37.3 Å². The van der Waals surface area contributed by atoms with Gasteiger partial charge >= 0.3 is 0 Å². The van der Waals surface area contributed by atoms with E-state index in [2.05, 4.69) is 28.7 Å². The van der Waals surface area contributed by atoms with Crippen molar-refractivity contribution in [2.75, 3.05) is 5.43 Å². The Morgan fingerprint density at radius 3 is 2.61 bits per heavy atom. The van der Waals surface area contributed by atoms with Gasteiger partial charge in [-0.05, 0) is 42.9 Å². The predicted molar refractivity (Wildman–Crippen MR) is 96.0 cm³/mol. The number of hydrazone groups is 1. The molecule has 0 radical (unpaired) electrons. The number of anilines is 1. The number of nitrogens with one attached hydrogen (secondary N) is 1. The van der Waals surface area contributed by atoms with E-state index in [0.717, 1.165) is 35.0 Å². The molecule has 0 unspecified atom stereocenters. The Balaban J connectivity index is 1.74. The van der Waals surface area contributed by atoms with E-state index < -0.39 is 0 Å². The van der Waals surface area contributed by atoms with E-state index >= 15 is 0 Å². The molecule has 0 saturated heterocycles. The second kappa shape index (κ2) is 6.21. The van der Waals surface area contributed by atoms with E-state index in [1.807, 2.05) is 42.6 Å². The van der Waals surface area contributed by atoms with Gasteiger partial charge in [-0.15, -0.1) is 0 Å². The van der Waals surface area contributed by atoms with Crippen LogP contribution in [0.1, 0.15) is 29.7 Å². The third-order valence-corrected chi connectivity index (χ3v) is 4.36. The lowest BCUT2D eigenvalue weighted by atomic mass is 9.93. The van der Waals surface area contributed by atoms with Gasteiger partial charge in [0.15, 0.2) is 0 Å². The summed E-state index contributed by atoms with van der Waals surface area (Å²) in [5.74, 6) is 0. The molecule has 1 N–H and O–H groups in total. The summed E-state index contributed by atoms with van der Waals surface area (Å²) in [7, 11) is 0. The average molecular weight is 301 g/mol. The molecule has 1 aromatic heterocycles. The van der Waals surface area contributed by atoms with Gasteiger partial charge in [0, 0.05) is 11.1 Å². The summed E-state index contributed by atoms with van der Waals surface area (Å²) >= 11 is 0. The van der Waals surface area contributed by atoms with E-state index in [0.29, 0.717) is 0 Å². The Kier molecular flexibility index (Phi) is 3.76. The van der Waals surface area contributed by atoms with Crippen molar-refractivity contribution in [3.05, 3.63) is 71.4 Å². The molecule has 23 heavy (non-hydrogen) atoms. The number of hydrogen-bond acceptors (Lipinski definition) is 3. The van der Waals surface area contributed by atoms with Gasteiger partial charge in [-0.3, -0.25) is 10.4 Å². The maximum absolute atomic E-state index is 4.85. The van der Waals surface area contributed by atoms with Crippen molar-refractivity contribution in [2.24, 2.45) is 5.10 Å². The van der Waals surface area contributed by atoms with Crippen molar-refractivity contribution < 1.29 is 0 Å². The molecular weight excluding hydrogens is 282 g/mol.